The zero-order valence-corrected chi connectivity index (χ0v) is 13.1. The van der Waals surface area contributed by atoms with Crippen molar-refractivity contribution in [2.45, 2.75) is 32.7 Å². The lowest BCUT2D eigenvalue weighted by Gasteiger charge is -2.36. The summed E-state index contributed by atoms with van der Waals surface area (Å²) in [6.07, 6.45) is 2.08. The highest BCUT2D eigenvalue weighted by Crippen LogP contribution is 2.18. The number of nitrogens with zero attached hydrogens (tertiary/aromatic N) is 2. The molecular weight excluding hydrogens is 270 g/mol. The van der Waals surface area contributed by atoms with Crippen LogP contribution in [-0.2, 0) is 14.3 Å². The first-order valence-electron chi connectivity index (χ1n) is 8.02. The third-order valence-corrected chi connectivity index (χ3v) is 4.35. The second-order valence-corrected chi connectivity index (χ2v) is 5.87. The fourth-order valence-corrected chi connectivity index (χ4v) is 2.97. The monoisotopic (exact) mass is 297 g/mol. The van der Waals surface area contributed by atoms with Crippen LogP contribution in [-0.4, -0.2) is 73.6 Å². The highest BCUT2D eigenvalue weighted by Gasteiger charge is 2.33. The van der Waals surface area contributed by atoms with Gasteiger partial charge in [-0.15, -0.1) is 0 Å². The van der Waals surface area contributed by atoms with Crippen LogP contribution in [0.2, 0.25) is 0 Å². The number of rotatable bonds is 7. The van der Waals surface area contributed by atoms with E-state index in [4.69, 9.17) is 4.74 Å². The van der Waals surface area contributed by atoms with E-state index < -0.39 is 0 Å². The Kier molecular flexibility index (Phi) is 5.99. The number of nitrogens with one attached hydrogen (secondary N) is 1. The van der Waals surface area contributed by atoms with E-state index >= 15 is 0 Å². The first-order chi connectivity index (χ1) is 10.2. The van der Waals surface area contributed by atoms with E-state index in [9.17, 15) is 9.59 Å². The van der Waals surface area contributed by atoms with Crippen molar-refractivity contribution in [3.05, 3.63) is 0 Å². The maximum Gasteiger partial charge on any atom is 0.242 e. The minimum atomic E-state index is 0.0500. The molecule has 2 saturated heterocycles. The standard InChI is InChI=1S/C15H27N3O3/c1-3-6-16-13(12-5-7-21-11-12)8-18-10-14(19)17(4-2)9-15(18)20/h12-13,16H,3-11H2,1-2H3. The normalized spacial score (nSPS) is 24.8. The Balaban J connectivity index is 1.95. The minimum absolute atomic E-state index is 0.0500. The van der Waals surface area contributed by atoms with E-state index in [1.807, 2.05) is 6.92 Å². The van der Waals surface area contributed by atoms with E-state index in [0.717, 1.165) is 32.6 Å². The van der Waals surface area contributed by atoms with Gasteiger partial charge in [-0.25, -0.2) is 0 Å². The fourth-order valence-electron chi connectivity index (χ4n) is 2.97. The molecule has 21 heavy (non-hydrogen) atoms. The van der Waals surface area contributed by atoms with Crippen LogP contribution in [0.25, 0.3) is 0 Å². The van der Waals surface area contributed by atoms with Crippen LogP contribution < -0.4 is 5.32 Å². The molecule has 0 aromatic carbocycles. The van der Waals surface area contributed by atoms with Crippen molar-refractivity contribution in [1.82, 2.24) is 15.1 Å². The molecule has 2 heterocycles. The molecule has 2 unspecified atom stereocenters. The molecule has 2 atom stereocenters. The first kappa shape index (κ1) is 16.2. The summed E-state index contributed by atoms with van der Waals surface area (Å²) in [6, 6.07) is 0.220. The Labute approximate surface area is 126 Å². The van der Waals surface area contributed by atoms with Crippen LogP contribution in [0.4, 0.5) is 0 Å². The van der Waals surface area contributed by atoms with Crippen molar-refractivity contribution in [2.75, 3.05) is 45.9 Å². The van der Waals surface area contributed by atoms with Crippen LogP contribution in [0.1, 0.15) is 26.7 Å². The third-order valence-electron chi connectivity index (χ3n) is 4.35. The smallest absolute Gasteiger partial charge is 0.242 e. The number of carbonyl (C=O) groups is 2. The van der Waals surface area contributed by atoms with Crippen molar-refractivity contribution in [3.63, 3.8) is 0 Å². The number of hydrogen-bond donors (Lipinski definition) is 1. The van der Waals surface area contributed by atoms with Crippen molar-refractivity contribution >= 4 is 11.8 Å². The first-order valence-corrected chi connectivity index (χ1v) is 8.02. The lowest BCUT2D eigenvalue weighted by molar-refractivity contribution is -0.150. The highest BCUT2D eigenvalue weighted by molar-refractivity contribution is 5.92. The lowest BCUT2D eigenvalue weighted by Crippen LogP contribution is -2.57. The molecule has 2 aliphatic heterocycles. The molecule has 0 saturated carbocycles. The second-order valence-electron chi connectivity index (χ2n) is 5.87. The van der Waals surface area contributed by atoms with Gasteiger partial charge in [0.2, 0.25) is 11.8 Å². The van der Waals surface area contributed by atoms with Crippen molar-refractivity contribution in [1.29, 1.82) is 0 Å². The Bertz CT molecular complexity index is 369. The zero-order chi connectivity index (χ0) is 15.2. The van der Waals surface area contributed by atoms with Gasteiger partial charge < -0.3 is 19.9 Å². The number of piperazine rings is 1. The second kappa shape index (κ2) is 7.75. The Hall–Kier alpha value is -1.14. The number of likely N-dealkylation sites (N-methyl/N-ethyl adjacent to an activating group) is 1. The van der Waals surface area contributed by atoms with Crippen molar-refractivity contribution in [2.24, 2.45) is 5.92 Å². The van der Waals surface area contributed by atoms with E-state index in [2.05, 4.69) is 12.2 Å². The van der Waals surface area contributed by atoms with E-state index in [1.54, 1.807) is 9.80 Å². The van der Waals surface area contributed by atoms with Gasteiger partial charge in [-0.2, -0.15) is 0 Å². The van der Waals surface area contributed by atoms with E-state index in [1.165, 1.54) is 0 Å². The van der Waals surface area contributed by atoms with Crippen LogP contribution in [0.15, 0.2) is 0 Å². The summed E-state index contributed by atoms with van der Waals surface area (Å²) in [5.74, 6) is 0.538. The number of ether oxygens (including phenoxy) is 1. The maximum absolute atomic E-state index is 12.2. The largest absolute Gasteiger partial charge is 0.381 e. The number of carbonyl (C=O) groups excluding carboxylic acids is 2. The maximum atomic E-state index is 12.2. The molecule has 2 aliphatic rings. The van der Waals surface area contributed by atoms with Crippen LogP contribution in [0.3, 0.4) is 0 Å². The molecule has 0 radical (unpaired) electrons. The lowest BCUT2D eigenvalue weighted by atomic mass is 9.98. The summed E-state index contributed by atoms with van der Waals surface area (Å²) in [4.78, 5) is 27.5. The van der Waals surface area contributed by atoms with Gasteiger partial charge in [0.1, 0.15) is 0 Å². The molecule has 0 aliphatic carbocycles. The van der Waals surface area contributed by atoms with E-state index in [-0.39, 0.29) is 30.9 Å². The van der Waals surface area contributed by atoms with Gasteiger partial charge in [0.25, 0.3) is 0 Å². The Morgan fingerprint density at radius 2 is 1.95 bits per heavy atom. The minimum Gasteiger partial charge on any atom is -0.381 e. The predicted octanol–water partition coefficient (Wildman–Crippen LogP) is 0.0818. The Morgan fingerprint density at radius 3 is 2.57 bits per heavy atom. The molecule has 6 heteroatoms. The molecule has 2 amide bonds. The summed E-state index contributed by atoms with van der Waals surface area (Å²) in [5.41, 5.74) is 0. The quantitative estimate of drug-likeness (QED) is 0.723. The van der Waals surface area contributed by atoms with Gasteiger partial charge >= 0.3 is 0 Å². The van der Waals surface area contributed by atoms with Crippen molar-refractivity contribution < 1.29 is 14.3 Å². The summed E-state index contributed by atoms with van der Waals surface area (Å²) in [5, 5.41) is 3.52. The van der Waals surface area contributed by atoms with Crippen LogP contribution in [0.5, 0.6) is 0 Å². The summed E-state index contributed by atoms with van der Waals surface area (Å²) < 4.78 is 5.47. The van der Waals surface area contributed by atoms with Gasteiger partial charge in [0, 0.05) is 31.7 Å². The third kappa shape index (κ3) is 4.17. The van der Waals surface area contributed by atoms with E-state index in [0.29, 0.717) is 19.0 Å². The van der Waals surface area contributed by atoms with Gasteiger partial charge in [-0.3, -0.25) is 9.59 Å². The molecule has 1 N–H and O–H groups in total. The van der Waals surface area contributed by atoms with Gasteiger partial charge in [-0.05, 0) is 26.3 Å². The molecule has 2 rings (SSSR count). The topological polar surface area (TPSA) is 61.9 Å². The van der Waals surface area contributed by atoms with Crippen LogP contribution in [0, 0.1) is 5.92 Å². The molecular formula is C15H27N3O3. The fraction of sp³-hybridized carbons (Fsp3) is 0.867. The molecule has 0 aromatic heterocycles. The molecule has 0 aromatic rings. The average Bonchev–Trinajstić information content (AvgIpc) is 3.00. The summed E-state index contributed by atoms with van der Waals surface area (Å²) in [7, 11) is 0. The molecule has 2 fully saturated rings. The molecule has 0 spiro atoms. The summed E-state index contributed by atoms with van der Waals surface area (Å²) in [6.45, 7) is 8.15. The van der Waals surface area contributed by atoms with Gasteiger partial charge in [0.05, 0.1) is 19.7 Å². The SMILES string of the molecule is CCCNC(CN1CC(=O)N(CC)CC1=O)C1CCOC1. The molecule has 6 nitrogen and oxygen atoms in total. The molecule has 0 bridgehead atoms. The Morgan fingerprint density at radius 1 is 1.24 bits per heavy atom. The molecule has 120 valence electrons. The summed E-state index contributed by atoms with van der Waals surface area (Å²) >= 11 is 0. The number of amides is 2. The zero-order valence-electron chi connectivity index (χ0n) is 13.1. The highest BCUT2D eigenvalue weighted by atomic mass is 16.5. The van der Waals surface area contributed by atoms with Crippen molar-refractivity contribution in [3.8, 4) is 0 Å². The van der Waals surface area contributed by atoms with Gasteiger partial charge in [0.15, 0.2) is 0 Å². The van der Waals surface area contributed by atoms with Gasteiger partial charge in [-0.1, -0.05) is 6.92 Å². The average molecular weight is 297 g/mol. The van der Waals surface area contributed by atoms with Crippen LogP contribution >= 0.6 is 0 Å². The number of hydrogen-bond acceptors (Lipinski definition) is 4. The predicted molar refractivity (Wildman–Crippen MR) is 79.8 cm³/mol.